The van der Waals surface area contributed by atoms with Gasteiger partial charge in [0.1, 0.15) is 5.15 Å². The molecule has 1 aromatic heterocycles. The van der Waals surface area contributed by atoms with Crippen LogP contribution < -0.4 is 0 Å². The van der Waals surface area contributed by atoms with E-state index in [0.717, 1.165) is 12.0 Å². The molecule has 2 nitrogen and oxygen atoms in total. The second kappa shape index (κ2) is 4.29. The predicted octanol–water partition coefficient (Wildman–Crippen LogP) is 3.78. The fraction of sp³-hybridized carbons (Fsp3) is 0.273. The average Bonchev–Trinajstić information content (AvgIpc) is 2.28. The Hall–Kier alpha value is -1.29. The predicted molar refractivity (Wildman–Crippen MR) is 58.9 cm³/mol. The minimum atomic E-state index is -2.70. The SMILES string of the molecule is CCc1ccc2nc(C(F)F)nc(Cl)c2c1. The van der Waals surface area contributed by atoms with Gasteiger partial charge in [0, 0.05) is 5.39 Å². The summed E-state index contributed by atoms with van der Waals surface area (Å²) in [4.78, 5) is 7.35. The zero-order chi connectivity index (χ0) is 11.7. The molecule has 0 aliphatic carbocycles. The molecule has 0 fully saturated rings. The fourth-order valence-electron chi connectivity index (χ4n) is 1.47. The van der Waals surface area contributed by atoms with Gasteiger partial charge in [0.15, 0.2) is 5.82 Å². The van der Waals surface area contributed by atoms with Crippen molar-refractivity contribution in [1.82, 2.24) is 9.97 Å². The number of hydrogen-bond acceptors (Lipinski definition) is 2. The Kier molecular flexibility index (Phi) is 3.01. The van der Waals surface area contributed by atoms with E-state index in [-0.39, 0.29) is 5.15 Å². The minimum Gasteiger partial charge on any atom is -0.227 e. The first kappa shape index (κ1) is 11.2. The highest BCUT2D eigenvalue weighted by Crippen LogP contribution is 2.25. The normalized spacial score (nSPS) is 11.3. The maximum absolute atomic E-state index is 12.4. The van der Waals surface area contributed by atoms with Crippen LogP contribution in [0.25, 0.3) is 10.9 Å². The number of nitrogens with zero attached hydrogens (tertiary/aromatic N) is 2. The Bertz CT molecular complexity index is 529. The first-order chi connectivity index (χ1) is 7.61. The largest absolute Gasteiger partial charge is 0.297 e. The Labute approximate surface area is 96.3 Å². The van der Waals surface area contributed by atoms with Crippen molar-refractivity contribution in [2.75, 3.05) is 0 Å². The average molecular weight is 243 g/mol. The lowest BCUT2D eigenvalue weighted by Gasteiger charge is -2.05. The van der Waals surface area contributed by atoms with E-state index >= 15 is 0 Å². The van der Waals surface area contributed by atoms with Crippen LogP contribution >= 0.6 is 11.6 Å². The first-order valence-electron chi connectivity index (χ1n) is 4.86. The molecule has 0 saturated carbocycles. The first-order valence-corrected chi connectivity index (χ1v) is 5.24. The van der Waals surface area contributed by atoms with Crippen molar-refractivity contribution in [1.29, 1.82) is 0 Å². The lowest BCUT2D eigenvalue weighted by molar-refractivity contribution is 0.141. The van der Waals surface area contributed by atoms with Crippen LogP contribution in [0.4, 0.5) is 8.78 Å². The molecular formula is C11H9ClF2N2. The molecule has 1 aromatic carbocycles. The summed E-state index contributed by atoms with van der Waals surface area (Å²) in [6.07, 6.45) is -1.85. The summed E-state index contributed by atoms with van der Waals surface area (Å²) in [5.41, 5.74) is 1.52. The summed E-state index contributed by atoms with van der Waals surface area (Å²) >= 11 is 5.85. The van der Waals surface area contributed by atoms with Crippen molar-refractivity contribution in [3.63, 3.8) is 0 Å². The standard InChI is InChI=1S/C11H9ClF2N2/c1-2-6-3-4-8-7(5-6)9(12)16-11(15-8)10(13)14/h3-5,10H,2H2,1H3. The topological polar surface area (TPSA) is 25.8 Å². The van der Waals surface area contributed by atoms with Gasteiger partial charge in [-0.3, -0.25) is 0 Å². The van der Waals surface area contributed by atoms with Gasteiger partial charge >= 0.3 is 0 Å². The van der Waals surface area contributed by atoms with Crippen molar-refractivity contribution in [3.8, 4) is 0 Å². The van der Waals surface area contributed by atoms with Crippen molar-refractivity contribution in [3.05, 3.63) is 34.7 Å². The maximum Gasteiger partial charge on any atom is 0.297 e. The van der Waals surface area contributed by atoms with Gasteiger partial charge < -0.3 is 0 Å². The molecule has 1 heterocycles. The summed E-state index contributed by atoms with van der Waals surface area (Å²) in [5.74, 6) is -0.526. The summed E-state index contributed by atoms with van der Waals surface area (Å²) in [7, 11) is 0. The highest BCUT2D eigenvalue weighted by molar-refractivity contribution is 6.34. The molecular weight excluding hydrogens is 234 g/mol. The highest BCUT2D eigenvalue weighted by atomic mass is 35.5. The second-order valence-corrected chi connectivity index (χ2v) is 3.74. The van der Waals surface area contributed by atoms with Gasteiger partial charge in [-0.25, -0.2) is 18.7 Å². The Morgan fingerprint density at radius 2 is 2.06 bits per heavy atom. The van der Waals surface area contributed by atoms with E-state index in [1.54, 1.807) is 6.07 Å². The van der Waals surface area contributed by atoms with Crippen LogP contribution in [-0.2, 0) is 6.42 Å². The van der Waals surface area contributed by atoms with E-state index in [0.29, 0.717) is 10.9 Å². The van der Waals surface area contributed by atoms with Crippen molar-refractivity contribution >= 4 is 22.5 Å². The Morgan fingerprint density at radius 3 is 2.69 bits per heavy atom. The highest BCUT2D eigenvalue weighted by Gasteiger charge is 2.14. The van der Waals surface area contributed by atoms with Crippen LogP contribution in [0.1, 0.15) is 24.7 Å². The number of benzene rings is 1. The van der Waals surface area contributed by atoms with Crippen LogP contribution in [0, 0.1) is 0 Å². The van der Waals surface area contributed by atoms with Crippen LogP contribution in [0.3, 0.4) is 0 Å². The number of aromatic nitrogens is 2. The van der Waals surface area contributed by atoms with E-state index in [1.807, 2.05) is 19.1 Å². The van der Waals surface area contributed by atoms with E-state index in [9.17, 15) is 8.78 Å². The van der Waals surface area contributed by atoms with Gasteiger partial charge in [-0.05, 0) is 24.1 Å². The molecule has 0 atom stereocenters. The van der Waals surface area contributed by atoms with Gasteiger partial charge in [0.25, 0.3) is 6.43 Å². The van der Waals surface area contributed by atoms with E-state index in [2.05, 4.69) is 9.97 Å². The van der Waals surface area contributed by atoms with Gasteiger partial charge in [-0.2, -0.15) is 0 Å². The molecule has 5 heteroatoms. The quantitative estimate of drug-likeness (QED) is 0.749. The van der Waals surface area contributed by atoms with E-state index in [4.69, 9.17) is 11.6 Å². The maximum atomic E-state index is 12.4. The Morgan fingerprint density at radius 1 is 1.31 bits per heavy atom. The van der Waals surface area contributed by atoms with E-state index in [1.165, 1.54) is 0 Å². The third-order valence-corrected chi connectivity index (χ3v) is 2.62. The van der Waals surface area contributed by atoms with Gasteiger partial charge in [-0.15, -0.1) is 0 Å². The molecule has 0 saturated heterocycles. The second-order valence-electron chi connectivity index (χ2n) is 3.38. The lowest BCUT2D eigenvalue weighted by Crippen LogP contribution is -1.97. The molecule has 0 spiro atoms. The van der Waals surface area contributed by atoms with Gasteiger partial charge in [0.2, 0.25) is 0 Å². The molecule has 0 unspecified atom stereocenters. The fourth-order valence-corrected chi connectivity index (χ4v) is 1.71. The monoisotopic (exact) mass is 242 g/mol. The third kappa shape index (κ3) is 1.97. The Balaban J connectivity index is 2.66. The van der Waals surface area contributed by atoms with Crippen LogP contribution in [0.2, 0.25) is 5.15 Å². The van der Waals surface area contributed by atoms with Crippen molar-refractivity contribution < 1.29 is 8.78 Å². The summed E-state index contributed by atoms with van der Waals surface area (Å²) < 4.78 is 24.9. The molecule has 0 aliphatic heterocycles. The zero-order valence-electron chi connectivity index (χ0n) is 8.54. The lowest BCUT2D eigenvalue weighted by atomic mass is 10.1. The number of hydrogen-bond donors (Lipinski definition) is 0. The summed E-state index contributed by atoms with van der Waals surface area (Å²) in [6.45, 7) is 2.00. The van der Waals surface area contributed by atoms with Crippen LogP contribution in [0.5, 0.6) is 0 Å². The van der Waals surface area contributed by atoms with Crippen LogP contribution in [-0.4, -0.2) is 9.97 Å². The molecule has 0 N–H and O–H groups in total. The number of alkyl halides is 2. The summed E-state index contributed by atoms with van der Waals surface area (Å²) in [6, 6.07) is 5.36. The number of aryl methyl sites for hydroxylation is 1. The molecule has 2 rings (SSSR count). The molecule has 0 aliphatic rings. The van der Waals surface area contributed by atoms with Crippen molar-refractivity contribution in [2.45, 2.75) is 19.8 Å². The van der Waals surface area contributed by atoms with Gasteiger partial charge in [0.05, 0.1) is 5.52 Å². The molecule has 0 bridgehead atoms. The number of halogens is 3. The molecule has 84 valence electrons. The third-order valence-electron chi connectivity index (χ3n) is 2.33. The molecule has 2 aromatic rings. The van der Waals surface area contributed by atoms with Crippen molar-refractivity contribution in [2.24, 2.45) is 0 Å². The number of rotatable bonds is 2. The minimum absolute atomic E-state index is 0.0793. The molecule has 0 amide bonds. The smallest absolute Gasteiger partial charge is 0.227 e. The molecule has 0 radical (unpaired) electrons. The van der Waals surface area contributed by atoms with Gasteiger partial charge in [-0.1, -0.05) is 24.6 Å². The summed E-state index contributed by atoms with van der Waals surface area (Å²) in [5, 5.41) is 0.695. The zero-order valence-corrected chi connectivity index (χ0v) is 9.30. The van der Waals surface area contributed by atoms with E-state index < -0.39 is 12.2 Å². The number of fused-ring (bicyclic) bond motifs is 1. The molecule has 16 heavy (non-hydrogen) atoms. The van der Waals surface area contributed by atoms with Crippen LogP contribution in [0.15, 0.2) is 18.2 Å².